The van der Waals surface area contributed by atoms with Gasteiger partial charge in [-0.2, -0.15) is 0 Å². The smallest absolute Gasteiger partial charge is 0.0485 e. The number of nitrogens with zero attached hydrogens (tertiary/aromatic N) is 1. The molecule has 1 heterocycles. The van der Waals surface area contributed by atoms with Gasteiger partial charge >= 0.3 is 0 Å². The Kier molecular flexibility index (Phi) is 4.34. The minimum atomic E-state index is 0.583. The van der Waals surface area contributed by atoms with Gasteiger partial charge in [0.05, 0.1) is 0 Å². The molecule has 0 radical (unpaired) electrons. The highest BCUT2D eigenvalue weighted by Crippen LogP contribution is 2.40. The summed E-state index contributed by atoms with van der Waals surface area (Å²) in [4.78, 5) is 0. The fraction of sp³-hybridized carbons (Fsp3) is 0.579. The maximum absolute atomic E-state index is 6.08. The topological polar surface area (TPSA) is 30.9 Å². The molecule has 0 saturated heterocycles. The van der Waals surface area contributed by atoms with E-state index in [0.717, 1.165) is 12.5 Å². The van der Waals surface area contributed by atoms with Crippen molar-refractivity contribution < 1.29 is 0 Å². The maximum atomic E-state index is 6.08. The SMILES string of the molecule is CCCC1CCC(CN)C(n2ccc3c(C)cccc32)C1. The molecule has 0 amide bonds. The van der Waals surface area contributed by atoms with E-state index in [-0.39, 0.29) is 0 Å². The largest absolute Gasteiger partial charge is 0.344 e. The van der Waals surface area contributed by atoms with E-state index in [4.69, 9.17) is 5.73 Å². The van der Waals surface area contributed by atoms with Crippen molar-refractivity contribution in [3.63, 3.8) is 0 Å². The van der Waals surface area contributed by atoms with E-state index in [0.29, 0.717) is 12.0 Å². The molecule has 2 aromatic rings. The van der Waals surface area contributed by atoms with Gasteiger partial charge in [-0.15, -0.1) is 0 Å². The molecule has 2 nitrogen and oxygen atoms in total. The number of aromatic nitrogens is 1. The Morgan fingerprint density at radius 3 is 2.86 bits per heavy atom. The van der Waals surface area contributed by atoms with E-state index >= 15 is 0 Å². The predicted molar refractivity (Wildman–Crippen MR) is 90.5 cm³/mol. The molecular weight excluding hydrogens is 256 g/mol. The van der Waals surface area contributed by atoms with Crippen LogP contribution in [0.1, 0.15) is 50.6 Å². The van der Waals surface area contributed by atoms with Crippen LogP contribution in [0.25, 0.3) is 10.9 Å². The molecule has 3 atom stereocenters. The quantitative estimate of drug-likeness (QED) is 0.869. The summed E-state index contributed by atoms with van der Waals surface area (Å²) in [5.41, 5.74) is 8.84. The van der Waals surface area contributed by atoms with Crippen LogP contribution in [0.3, 0.4) is 0 Å². The first-order valence-corrected chi connectivity index (χ1v) is 8.50. The summed E-state index contributed by atoms with van der Waals surface area (Å²) >= 11 is 0. The van der Waals surface area contributed by atoms with Gasteiger partial charge in [0.25, 0.3) is 0 Å². The Morgan fingerprint density at radius 2 is 2.10 bits per heavy atom. The van der Waals surface area contributed by atoms with Crippen LogP contribution in [-0.4, -0.2) is 11.1 Å². The third kappa shape index (κ3) is 2.74. The lowest BCUT2D eigenvalue weighted by atomic mass is 9.76. The van der Waals surface area contributed by atoms with Crippen molar-refractivity contribution in [2.24, 2.45) is 17.6 Å². The summed E-state index contributed by atoms with van der Waals surface area (Å²) in [5.74, 6) is 1.51. The summed E-state index contributed by atoms with van der Waals surface area (Å²) in [5, 5.41) is 1.39. The molecule has 0 bridgehead atoms. The molecule has 2 heteroatoms. The van der Waals surface area contributed by atoms with Crippen LogP contribution in [0.5, 0.6) is 0 Å². The molecule has 1 aliphatic rings. The molecule has 21 heavy (non-hydrogen) atoms. The zero-order valence-electron chi connectivity index (χ0n) is 13.4. The summed E-state index contributed by atoms with van der Waals surface area (Å²) in [7, 11) is 0. The number of rotatable bonds is 4. The molecule has 1 saturated carbocycles. The highest BCUT2D eigenvalue weighted by Gasteiger charge is 2.30. The Labute approximate surface area is 128 Å². The monoisotopic (exact) mass is 284 g/mol. The van der Waals surface area contributed by atoms with Crippen molar-refractivity contribution in [1.29, 1.82) is 0 Å². The number of aryl methyl sites for hydroxylation is 1. The van der Waals surface area contributed by atoms with Gasteiger partial charge in [0.1, 0.15) is 0 Å². The van der Waals surface area contributed by atoms with E-state index in [1.807, 2.05) is 0 Å². The first kappa shape index (κ1) is 14.6. The Hall–Kier alpha value is -1.28. The number of hydrogen-bond donors (Lipinski definition) is 1. The van der Waals surface area contributed by atoms with Crippen molar-refractivity contribution in [1.82, 2.24) is 4.57 Å². The van der Waals surface area contributed by atoms with Crippen LogP contribution < -0.4 is 5.73 Å². The molecule has 1 aromatic carbocycles. The number of hydrogen-bond acceptors (Lipinski definition) is 1. The number of benzene rings is 1. The zero-order valence-corrected chi connectivity index (χ0v) is 13.4. The van der Waals surface area contributed by atoms with Crippen LogP contribution in [0.2, 0.25) is 0 Å². The number of nitrogens with two attached hydrogens (primary N) is 1. The Morgan fingerprint density at radius 1 is 1.24 bits per heavy atom. The fourth-order valence-electron chi connectivity index (χ4n) is 4.21. The van der Waals surface area contributed by atoms with Crippen LogP contribution in [0.4, 0.5) is 0 Å². The van der Waals surface area contributed by atoms with Crippen LogP contribution in [0, 0.1) is 18.8 Å². The molecular formula is C19H28N2. The van der Waals surface area contributed by atoms with Crippen molar-refractivity contribution in [3.05, 3.63) is 36.0 Å². The second-order valence-corrected chi connectivity index (χ2v) is 6.76. The van der Waals surface area contributed by atoms with E-state index < -0.39 is 0 Å². The van der Waals surface area contributed by atoms with Crippen LogP contribution in [0.15, 0.2) is 30.5 Å². The summed E-state index contributed by atoms with van der Waals surface area (Å²) in [6.07, 6.45) is 8.91. The third-order valence-electron chi connectivity index (χ3n) is 5.40. The van der Waals surface area contributed by atoms with Gasteiger partial charge < -0.3 is 10.3 Å². The Bertz CT molecular complexity index is 599. The second kappa shape index (κ2) is 6.23. The molecule has 114 valence electrons. The average Bonchev–Trinajstić information content (AvgIpc) is 2.93. The molecule has 0 aliphatic heterocycles. The molecule has 2 N–H and O–H groups in total. The molecule has 1 aromatic heterocycles. The van der Waals surface area contributed by atoms with Gasteiger partial charge in [-0.05, 0) is 62.3 Å². The summed E-state index contributed by atoms with van der Waals surface area (Å²) in [6, 6.07) is 9.51. The lowest BCUT2D eigenvalue weighted by Gasteiger charge is -2.37. The first-order chi connectivity index (χ1) is 10.2. The van der Waals surface area contributed by atoms with E-state index in [1.54, 1.807) is 0 Å². The highest BCUT2D eigenvalue weighted by atomic mass is 15.0. The van der Waals surface area contributed by atoms with Crippen molar-refractivity contribution in [2.75, 3.05) is 6.54 Å². The minimum Gasteiger partial charge on any atom is -0.344 e. The molecule has 0 spiro atoms. The van der Waals surface area contributed by atoms with Gasteiger partial charge in [0.15, 0.2) is 0 Å². The van der Waals surface area contributed by atoms with E-state index in [9.17, 15) is 0 Å². The number of fused-ring (bicyclic) bond motifs is 1. The van der Waals surface area contributed by atoms with Crippen LogP contribution >= 0.6 is 0 Å². The van der Waals surface area contributed by atoms with Gasteiger partial charge in [0.2, 0.25) is 0 Å². The summed E-state index contributed by atoms with van der Waals surface area (Å²) in [6.45, 7) is 5.32. The lowest BCUT2D eigenvalue weighted by Crippen LogP contribution is -2.32. The summed E-state index contributed by atoms with van der Waals surface area (Å²) < 4.78 is 2.52. The van der Waals surface area contributed by atoms with Gasteiger partial charge in [-0.3, -0.25) is 0 Å². The van der Waals surface area contributed by atoms with Crippen molar-refractivity contribution >= 4 is 10.9 Å². The Balaban J connectivity index is 1.95. The second-order valence-electron chi connectivity index (χ2n) is 6.76. The van der Waals surface area contributed by atoms with Crippen molar-refractivity contribution in [2.45, 2.75) is 52.0 Å². The van der Waals surface area contributed by atoms with Gasteiger partial charge in [-0.25, -0.2) is 0 Å². The standard InChI is InChI=1S/C19H28N2/c1-3-5-15-8-9-16(13-20)19(12-15)21-11-10-17-14(2)6-4-7-18(17)21/h4,6-7,10-11,15-16,19H,3,5,8-9,12-13,20H2,1-2H3. The van der Waals surface area contributed by atoms with Crippen LogP contribution in [-0.2, 0) is 0 Å². The van der Waals surface area contributed by atoms with Crippen molar-refractivity contribution in [3.8, 4) is 0 Å². The normalized spacial score (nSPS) is 26.3. The van der Waals surface area contributed by atoms with E-state index in [2.05, 4.69) is 48.9 Å². The molecule has 1 fully saturated rings. The molecule has 3 unspecified atom stereocenters. The molecule has 1 aliphatic carbocycles. The lowest BCUT2D eigenvalue weighted by molar-refractivity contribution is 0.184. The molecule has 3 rings (SSSR count). The minimum absolute atomic E-state index is 0.583. The maximum Gasteiger partial charge on any atom is 0.0485 e. The van der Waals surface area contributed by atoms with Gasteiger partial charge in [0, 0.05) is 23.1 Å². The van der Waals surface area contributed by atoms with Gasteiger partial charge in [-0.1, -0.05) is 31.9 Å². The predicted octanol–water partition coefficient (Wildman–Crippen LogP) is 4.67. The highest BCUT2D eigenvalue weighted by molar-refractivity contribution is 5.83. The zero-order chi connectivity index (χ0) is 14.8. The third-order valence-corrected chi connectivity index (χ3v) is 5.40. The average molecular weight is 284 g/mol. The first-order valence-electron chi connectivity index (χ1n) is 8.50. The van der Waals surface area contributed by atoms with E-state index in [1.165, 1.54) is 48.6 Å². The fourth-order valence-corrected chi connectivity index (χ4v) is 4.21.